The van der Waals surface area contributed by atoms with Crippen molar-refractivity contribution < 1.29 is 104 Å². The average molecular weight is 1530 g/mol. The fourth-order valence-corrected chi connectivity index (χ4v) is 12.2. The molecule has 0 spiro atoms. The number of halogens is 5. The van der Waals surface area contributed by atoms with Crippen molar-refractivity contribution in [1.82, 2.24) is 0 Å². The van der Waals surface area contributed by atoms with Crippen LogP contribution in [0.5, 0.6) is 17.2 Å². The van der Waals surface area contributed by atoms with Gasteiger partial charge < -0.3 is 74.8 Å². The molecule has 0 unspecified atom stereocenters. The van der Waals surface area contributed by atoms with Gasteiger partial charge in [0.15, 0.2) is 0 Å². The van der Waals surface area contributed by atoms with Crippen LogP contribution < -0.4 is 55.7 Å². The zero-order valence-corrected chi connectivity index (χ0v) is 62.6. The fraction of sp³-hybridized carbons (Fsp3) is 0.222. The molecule has 12 aromatic rings. The van der Waals surface area contributed by atoms with Crippen molar-refractivity contribution >= 4 is 97.4 Å². The van der Waals surface area contributed by atoms with E-state index < -0.39 is 18.9 Å². The summed E-state index contributed by atoms with van der Waals surface area (Å²) in [5.41, 5.74) is 32.3. The van der Waals surface area contributed by atoms with E-state index in [0.717, 1.165) is 93.2 Å². The molecule has 0 aliphatic heterocycles. The molecule has 10 N–H and O–H groups in total. The Bertz CT molecular complexity index is 5050. The van der Waals surface area contributed by atoms with E-state index in [9.17, 15) is 23.9 Å². The first-order chi connectivity index (χ1) is 49.4. The summed E-state index contributed by atoms with van der Waals surface area (Å²) in [6.07, 6.45) is 5.04. The van der Waals surface area contributed by atoms with E-state index in [2.05, 4.69) is 15.9 Å². The first-order valence-corrected chi connectivity index (χ1v) is 33.9. The van der Waals surface area contributed by atoms with Crippen LogP contribution >= 0.6 is 28.3 Å². The number of fused-ring (bicyclic) bond motifs is 3. The van der Waals surface area contributed by atoms with Gasteiger partial charge in [0.05, 0.1) is 61.4 Å². The number of carboxylic acid groups (broad SMARTS) is 1. The van der Waals surface area contributed by atoms with Crippen LogP contribution in [0.25, 0.3) is 55.2 Å². The quantitative estimate of drug-likeness (QED) is 0.0209. The van der Waals surface area contributed by atoms with Gasteiger partial charge in [-0.05, 0) is 182 Å². The molecular weight excluding hydrogens is 1450 g/mol. The van der Waals surface area contributed by atoms with Gasteiger partial charge in [-0.15, -0.1) is 12.4 Å². The number of ether oxygens (including phenoxy) is 5. The maximum atomic E-state index is 15.1. The fourth-order valence-electron chi connectivity index (χ4n) is 11.6. The van der Waals surface area contributed by atoms with Crippen molar-refractivity contribution in [3.8, 4) is 39.5 Å². The summed E-state index contributed by atoms with van der Waals surface area (Å²) in [6, 6.07) is 43.1. The Morgan fingerprint density at radius 1 is 0.481 bits per heavy atom. The van der Waals surface area contributed by atoms with Crippen LogP contribution in [0.2, 0.25) is 0 Å². The van der Waals surface area contributed by atoms with E-state index in [-0.39, 0.29) is 117 Å². The molecule has 0 aliphatic carbocycles. The van der Waals surface area contributed by atoms with E-state index in [1.54, 1.807) is 75.1 Å². The van der Waals surface area contributed by atoms with Crippen LogP contribution in [-0.4, -0.2) is 58.9 Å². The number of carboxylic acids is 1. The van der Waals surface area contributed by atoms with Crippen molar-refractivity contribution in [2.45, 2.75) is 108 Å². The molecule has 9 aromatic carbocycles. The largest absolute Gasteiger partial charge is 1.00 e. The number of anilines is 1. The maximum absolute atomic E-state index is 15.1. The number of aryl methyl sites for hydroxylation is 3. The number of rotatable bonds is 22. The van der Waals surface area contributed by atoms with E-state index in [1.807, 2.05) is 126 Å². The number of nitrogen functional groups attached to an aromatic ring is 1. The van der Waals surface area contributed by atoms with Crippen LogP contribution in [0.15, 0.2) is 182 Å². The number of furan rings is 3. The van der Waals surface area contributed by atoms with Crippen LogP contribution in [-0.2, 0) is 76.0 Å². The van der Waals surface area contributed by atoms with Gasteiger partial charge in [-0.3, -0.25) is 14.4 Å². The van der Waals surface area contributed by atoms with E-state index in [0.29, 0.717) is 81.4 Å². The van der Waals surface area contributed by atoms with Gasteiger partial charge in [-0.1, -0.05) is 84.9 Å². The van der Waals surface area contributed by atoms with E-state index >= 15 is 8.78 Å². The third kappa shape index (κ3) is 20.8. The van der Waals surface area contributed by atoms with Crippen molar-refractivity contribution in [3.05, 3.63) is 264 Å². The van der Waals surface area contributed by atoms with Crippen molar-refractivity contribution in [2.24, 2.45) is 11.5 Å². The minimum absolute atomic E-state index is 0. The summed E-state index contributed by atoms with van der Waals surface area (Å²) in [5.74, 6) is -0.984. The summed E-state index contributed by atoms with van der Waals surface area (Å²) in [5, 5.41) is 29.1. The second-order valence-corrected chi connectivity index (χ2v) is 25.2. The number of hydrogen-bond donors (Lipinski definition) is 6. The Balaban J connectivity index is 0.000000230. The molecule has 0 saturated heterocycles. The molecule has 12 rings (SSSR count). The molecule has 0 atom stereocenters. The van der Waals surface area contributed by atoms with E-state index in [4.69, 9.17) is 64.2 Å². The molecule has 0 radical (unpaired) electrons. The molecule has 550 valence electrons. The standard InChI is InChI=1S/C28H28FNO4.C26H24FNO4.C21H21BrO4.C6H7BFNO2.ClH.Li.H2O/c1-4-32-25(31)14-20-9-8-17(2)18(3)27(20)34-16-19-12-21-10-11-33-28(21)24(13-19)23-7-5-6-22(15-30)26(23)29;1-15-6-7-18(12-23(29)30)25(16(15)2)32-14-17-10-19-8-9-31-26(19)22(11-17)21-5-3-4-20(13-28)24(21)27;1-4-24-19(23)11-16-6-5-13(2)14(3)20(16)26-12-15-9-17-7-8-25-21(17)18(22)10-15;8-6-4(7(10)11)2-1-3-5(6)9;;;/h5-13H,4,14-16,30H2,1-3H3;3-11H,12-14,28H2,1-2H3,(H,29,30);5-10H,4,11-12H2,1-3H3;1-3,10-11H,9H2;1H;;1H2/q;;;;;+1;/p-1. The van der Waals surface area contributed by atoms with Crippen molar-refractivity contribution in [2.75, 3.05) is 18.9 Å². The number of esters is 2. The smallest absolute Gasteiger partial charge is 0.870 e. The summed E-state index contributed by atoms with van der Waals surface area (Å²) in [6.45, 7) is 17.2. The van der Waals surface area contributed by atoms with Crippen LogP contribution in [0.4, 0.5) is 18.9 Å². The second kappa shape index (κ2) is 39.5. The summed E-state index contributed by atoms with van der Waals surface area (Å²) < 4.78 is 89.3. The van der Waals surface area contributed by atoms with Gasteiger partial charge >= 0.3 is 43.9 Å². The molecule has 3 heterocycles. The maximum Gasteiger partial charge on any atom is 1.00 e. The number of hydrogen-bond acceptors (Lipinski definition) is 17. The van der Waals surface area contributed by atoms with Gasteiger partial charge in [-0.2, -0.15) is 0 Å². The average Bonchev–Trinajstić information content (AvgIpc) is 1.54. The van der Waals surface area contributed by atoms with Gasteiger partial charge in [0, 0.05) is 84.8 Å². The second-order valence-electron chi connectivity index (χ2n) is 24.4. The molecule has 0 amide bonds. The number of carbonyl (C=O) groups excluding carboxylic acids is 2. The molecule has 0 aliphatic rings. The summed E-state index contributed by atoms with van der Waals surface area (Å²) >= 11 is 3.53. The Labute approximate surface area is 639 Å². The molecule has 0 saturated carbocycles. The number of benzene rings is 9. The van der Waals surface area contributed by atoms with Crippen LogP contribution in [0.1, 0.15) is 91.7 Å². The Morgan fingerprint density at radius 2 is 0.849 bits per heavy atom. The number of carbonyl (C=O) groups is 3. The minimum Gasteiger partial charge on any atom is -0.870 e. The Kier molecular flexibility index (Phi) is 31.8. The third-order valence-corrected chi connectivity index (χ3v) is 17.9. The Hall–Kier alpha value is -9.77. The SMILES string of the molecule is CCOC(=O)Cc1ccc(C)c(C)c1OCc1cc(-c2cccc(CN)c2F)c2occc2c1.CCOC(=O)Cc1ccc(C)c(C)c1OCc1cc(Br)c2occc2c1.Cc1ccc(CC(=O)O)c(OCc2cc(-c3cccc(CN)c3F)c3occc3c2)c1C.Cl.Nc1cccc(B(O)O)c1F.[Li+].[OH-]. The molecule has 0 bridgehead atoms. The molecule has 25 heteroatoms. The molecule has 106 heavy (non-hydrogen) atoms. The predicted octanol–water partition coefficient (Wildman–Crippen LogP) is 13.4. The van der Waals surface area contributed by atoms with E-state index in [1.165, 1.54) is 18.2 Å². The summed E-state index contributed by atoms with van der Waals surface area (Å²) in [7, 11) is -1.81. The van der Waals surface area contributed by atoms with Gasteiger partial charge in [0.25, 0.3) is 0 Å². The Morgan fingerprint density at radius 3 is 1.22 bits per heavy atom. The minimum atomic E-state index is -1.81. The monoisotopic (exact) mass is 1530 g/mol. The number of nitrogens with two attached hydrogens (primary N) is 3. The summed E-state index contributed by atoms with van der Waals surface area (Å²) in [4.78, 5) is 35.3. The molecule has 0 fully saturated rings. The van der Waals surface area contributed by atoms with Gasteiger partial charge in [-0.25, -0.2) is 13.2 Å². The van der Waals surface area contributed by atoms with Gasteiger partial charge in [0.2, 0.25) is 0 Å². The molecule has 18 nitrogen and oxygen atoms in total. The third-order valence-electron chi connectivity index (χ3n) is 17.3. The molecule has 3 aromatic heterocycles. The topological polar surface area (TPSA) is 306 Å². The van der Waals surface area contributed by atoms with Crippen LogP contribution in [0.3, 0.4) is 0 Å². The van der Waals surface area contributed by atoms with Crippen molar-refractivity contribution in [1.29, 1.82) is 0 Å². The first kappa shape index (κ1) is 85.2. The first-order valence-electron chi connectivity index (χ1n) is 33.1. The zero-order chi connectivity index (χ0) is 74.2. The normalized spacial score (nSPS) is 10.6. The number of aliphatic carboxylic acids is 1. The van der Waals surface area contributed by atoms with Crippen molar-refractivity contribution in [3.63, 3.8) is 0 Å². The molecular formula is C81H82BBrClF3LiN3O15. The van der Waals surface area contributed by atoms with Gasteiger partial charge in [0.1, 0.15) is 71.3 Å². The predicted molar refractivity (Wildman–Crippen MR) is 405 cm³/mol. The zero-order valence-electron chi connectivity index (χ0n) is 60.2. The van der Waals surface area contributed by atoms with Crippen LogP contribution in [0, 0.1) is 59.0 Å².